The molecule has 2 aromatic heterocycles. The Labute approximate surface area is 182 Å². The monoisotopic (exact) mass is 432 g/mol. The van der Waals surface area contributed by atoms with E-state index in [1.165, 1.54) is 11.3 Å². The van der Waals surface area contributed by atoms with E-state index < -0.39 is 6.04 Å². The van der Waals surface area contributed by atoms with E-state index in [0.717, 1.165) is 16.1 Å². The van der Waals surface area contributed by atoms with Gasteiger partial charge < -0.3 is 9.15 Å². The highest BCUT2D eigenvalue weighted by Crippen LogP contribution is 2.43. The number of amides is 1. The largest absolute Gasteiger partial charge is 0.494 e. The van der Waals surface area contributed by atoms with E-state index in [-0.39, 0.29) is 17.1 Å². The van der Waals surface area contributed by atoms with Gasteiger partial charge in [-0.1, -0.05) is 24.3 Å². The van der Waals surface area contributed by atoms with Crippen molar-refractivity contribution in [3.8, 4) is 5.75 Å². The first kappa shape index (κ1) is 19.5. The molecule has 0 bridgehead atoms. The Kier molecular flexibility index (Phi) is 4.63. The quantitative estimate of drug-likeness (QED) is 0.453. The Balaban J connectivity index is 1.79. The summed E-state index contributed by atoms with van der Waals surface area (Å²) in [6, 6.07) is 13.8. The smallest absolute Gasteiger partial charge is 0.297 e. The second-order valence-corrected chi connectivity index (χ2v) is 8.57. The van der Waals surface area contributed by atoms with Crippen LogP contribution in [0, 0.1) is 13.8 Å². The molecule has 0 spiro atoms. The van der Waals surface area contributed by atoms with Crippen molar-refractivity contribution in [2.75, 3.05) is 11.5 Å². The lowest BCUT2D eigenvalue weighted by atomic mass is 9.98. The van der Waals surface area contributed by atoms with Crippen molar-refractivity contribution in [2.45, 2.75) is 26.8 Å². The Morgan fingerprint density at radius 1 is 1.13 bits per heavy atom. The van der Waals surface area contributed by atoms with Crippen molar-refractivity contribution in [3.05, 3.63) is 86.2 Å². The number of ether oxygens (including phenoxy) is 1. The molecule has 31 heavy (non-hydrogen) atoms. The van der Waals surface area contributed by atoms with Gasteiger partial charge in [-0.3, -0.25) is 14.5 Å². The summed E-state index contributed by atoms with van der Waals surface area (Å²) >= 11 is 1.43. The molecule has 0 N–H and O–H groups in total. The summed E-state index contributed by atoms with van der Waals surface area (Å²) in [6.45, 7) is 6.30. The van der Waals surface area contributed by atoms with E-state index in [1.807, 2.05) is 45.0 Å². The molecule has 1 aliphatic heterocycles. The first-order valence-corrected chi connectivity index (χ1v) is 10.9. The van der Waals surface area contributed by atoms with Crippen LogP contribution in [0.3, 0.4) is 0 Å². The van der Waals surface area contributed by atoms with Crippen LogP contribution in [-0.2, 0) is 0 Å². The third-order valence-electron chi connectivity index (χ3n) is 5.49. The fraction of sp³-hybridized carbons (Fsp3) is 0.208. The molecule has 2 aromatic carbocycles. The molecule has 1 atom stereocenters. The van der Waals surface area contributed by atoms with E-state index in [2.05, 4.69) is 4.98 Å². The molecule has 0 aliphatic carbocycles. The van der Waals surface area contributed by atoms with Crippen molar-refractivity contribution in [1.29, 1.82) is 0 Å². The summed E-state index contributed by atoms with van der Waals surface area (Å²) < 4.78 is 11.6. The summed E-state index contributed by atoms with van der Waals surface area (Å²) in [4.78, 5) is 34.3. The number of benzene rings is 2. The van der Waals surface area contributed by atoms with Crippen molar-refractivity contribution in [1.82, 2.24) is 4.98 Å². The number of hydrogen-bond acceptors (Lipinski definition) is 6. The van der Waals surface area contributed by atoms with Crippen molar-refractivity contribution >= 4 is 33.3 Å². The van der Waals surface area contributed by atoms with Crippen molar-refractivity contribution in [2.24, 2.45) is 0 Å². The first-order chi connectivity index (χ1) is 15.0. The molecule has 1 amide bonds. The minimum atomic E-state index is -0.645. The van der Waals surface area contributed by atoms with Gasteiger partial charge in [0.05, 0.1) is 29.3 Å². The summed E-state index contributed by atoms with van der Waals surface area (Å²) in [6.07, 6.45) is 0. The Hall–Kier alpha value is -3.45. The third-order valence-corrected chi connectivity index (χ3v) is 6.56. The van der Waals surface area contributed by atoms with Crippen LogP contribution in [-0.4, -0.2) is 17.5 Å². The van der Waals surface area contributed by atoms with Gasteiger partial charge in [0.1, 0.15) is 11.3 Å². The van der Waals surface area contributed by atoms with E-state index in [4.69, 9.17) is 9.15 Å². The number of aromatic nitrogens is 1. The molecule has 3 heterocycles. The molecule has 4 aromatic rings. The van der Waals surface area contributed by atoms with Crippen LogP contribution in [0.2, 0.25) is 0 Å². The molecule has 1 aliphatic rings. The highest BCUT2D eigenvalue weighted by molar-refractivity contribution is 7.15. The molecular weight excluding hydrogens is 412 g/mol. The van der Waals surface area contributed by atoms with Crippen LogP contribution in [0.1, 0.15) is 45.2 Å². The molecule has 6 nitrogen and oxygen atoms in total. The zero-order valence-electron chi connectivity index (χ0n) is 17.3. The number of hydrogen-bond donors (Lipinski definition) is 0. The summed E-state index contributed by atoms with van der Waals surface area (Å²) in [7, 11) is 0. The average Bonchev–Trinajstić information content (AvgIpc) is 3.25. The summed E-state index contributed by atoms with van der Waals surface area (Å²) in [5, 5.41) is 0.995. The van der Waals surface area contributed by atoms with E-state index in [9.17, 15) is 9.59 Å². The SMILES string of the molecule is CCOc1cccc(C2c3c(oc4ccccc4c3=O)C(=O)N2c2nc(C)c(C)s2)c1. The van der Waals surface area contributed by atoms with Crippen LogP contribution in [0.5, 0.6) is 5.75 Å². The van der Waals surface area contributed by atoms with Gasteiger partial charge in [0.15, 0.2) is 10.6 Å². The molecule has 0 fully saturated rings. The van der Waals surface area contributed by atoms with E-state index in [0.29, 0.717) is 34.0 Å². The van der Waals surface area contributed by atoms with Crippen molar-refractivity contribution < 1.29 is 13.9 Å². The second-order valence-electron chi connectivity index (χ2n) is 7.39. The number of carbonyl (C=O) groups excluding carboxylic acids is 1. The van der Waals surface area contributed by atoms with Gasteiger partial charge in [-0.2, -0.15) is 0 Å². The van der Waals surface area contributed by atoms with Gasteiger partial charge in [0, 0.05) is 4.88 Å². The normalized spacial score (nSPS) is 15.5. The fourth-order valence-corrected chi connectivity index (χ4v) is 4.87. The summed E-state index contributed by atoms with van der Waals surface area (Å²) in [5.74, 6) is 0.386. The number of aryl methyl sites for hydroxylation is 2. The fourth-order valence-electron chi connectivity index (χ4n) is 3.93. The molecule has 7 heteroatoms. The highest BCUT2D eigenvalue weighted by Gasteiger charge is 2.45. The number of para-hydroxylation sites is 1. The lowest BCUT2D eigenvalue weighted by molar-refractivity contribution is 0.0971. The molecule has 0 saturated carbocycles. The van der Waals surface area contributed by atoms with Crippen LogP contribution >= 0.6 is 11.3 Å². The highest BCUT2D eigenvalue weighted by atomic mass is 32.1. The van der Waals surface area contributed by atoms with Crippen LogP contribution in [0.25, 0.3) is 11.0 Å². The maximum atomic E-state index is 13.5. The molecule has 0 radical (unpaired) electrons. The maximum absolute atomic E-state index is 13.5. The lowest BCUT2D eigenvalue weighted by Crippen LogP contribution is -2.29. The maximum Gasteiger partial charge on any atom is 0.297 e. The standard InChI is InChI=1S/C24H20N2O4S/c1-4-29-16-9-7-8-15(12-16)20-19-21(27)17-10-5-6-11-18(17)30-22(19)23(28)26(20)24-25-13(2)14(3)31-24/h5-12,20H,4H2,1-3H3. The van der Waals surface area contributed by atoms with Crippen LogP contribution < -0.4 is 15.1 Å². The summed E-state index contributed by atoms with van der Waals surface area (Å²) in [5.41, 5.74) is 2.16. The van der Waals surface area contributed by atoms with Gasteiger partial charge in [0.25, 0.3) is 5.91 Å². The van der Waals surface area contributed by atoms with Gasteiger partial charge in [-0.05, 0) is 50.6 Å². The number of rotatable bonds is 4. The minimum Gasteiger partial charge on any atom is -0.494 e. The number of fused-ring (bicyclic) bond motifs is 2. The van der Waals surface area contributed by atoms with Gasteiger partial charge in [-0.15, -0.1) is 11.3 Å². The number of thiazole rings is 1. The van der Waals surface area contributed by atoms with Gasteiger partial charge in [0.2, 0.25) is 5.76 Å². The Bertz CT molecular complexity index is 1370. The predicted octanol–water partition coefficient (Wildman–Crippen LogP) is 5.01. The molecule has 1 unspecified atom stereocenters. The topological polar surface area (TPSA) is 72.6 Å². The van der Waals surface area contributed by atoms with Crippen LogP contribution in [0.15, 0.2) is 57.7 Å². The van der Waals surface area contributed by atoms with E-state index in [1.54, 1.807) is 29.2 Å². The Morgan fingerprint density at radius 3 is 2.68 bits per heavy atom. The third kappa shape index (κ3) is 3.04. The lowest BCUT2D eigenvalue weighted by Gasteiger charge is -2.23. The zero-order chi connectivity index (χ0) is 21.7. The van der Waals surface area contributed by atoms with Crippen molar-refractivity contribution in [3.63, 3.8) is 0 Å². The minimum absolute atomic E-state index is 0.0704. The molecule has 0 saturated heterocycles. The molecular formula is C24H20N2O4S. The zero-order valence-corrected chi connectivity index (χ0v) is 18.2. The predicted molar refractivity (Wildman–Crippen MR) is 120 cm³/mol. The van der Waals surface area contributed by atoms with Gasteiger partial charge in [-0.25, -0.2) is 4.98 Å². The van der Waals surface area contributed by atoms with Crippen LogP contribution in [0.4, 0.5) is 5.13 Å². The second kappa shape index (κ2) is 7.35. The van der Waals surface area contributed by atoms with Gasteiger partial charge >= 0.3 is 0 Å². The number of nitrogens with zero attached hydrogens (tertiary/aromatic N) is 2. The molecule has 156 valence electrons. The first-order valence-electron chi connectivity index (χ1n) is 10.1. The Morgan fingerprint density at radius 2 is 1.94 bits per heavy atom. The average molecular weight is 433 g/mol. The number of carbonyl (C=O) groups is 1. The van der Waals surface area contributed by atoms with E-state index >= 15 is 0 Å². The molecule has 5 rings (SSSR count). The number of anilines is 1.